The molecule has 0 aliphatic rings. The van der Waals surface area contributed by atoms with Gasteiger partial charge in [-0.15, -0.1) is 10.2 Å². The van der Waals surface area contributed by atoms with Gasteiger partial charge in [-0.3, -0.25) is 10.1 Å². The van der Waals surface area contributed by atoms with Crippen molar-refractivity contribution >= 4 is 23.7 Å². The summed E-state index contributed by atoms with van der Waals surface area (Å²) in [7, 11) is 0. The maximum atomic E-state index is 11.7. The number of benzene rings is 1. The summed E-state index contributed by atoms with van der Waals surface area (Å²) in [6.07, 6.45) is 0. The number of imide groups is 1. The second-order valence-corrected chi connectivity index (χ2v) is 6.02. The molecule has 3 amide bonds. The van der Waals surface area contributed by atoms with Crippen LogP contribution in [0.5, 0.6) is 0 Å². The molecule has 1 aromatic carbocycles. The van der Waals surface area contributed by atoms with Crippen molar-refractivity contribution in [1.82, 2.24) is 20.1 Å². The zero-order valence-electron chi connectivity index (χ0n) is 12.3. The van der Waals surface area contributed by atoms with Gasteiger partial charge in [0.25, 0.3) is 0 Å². The van der Waals surface area contributed by atoms with Crippen LogP contribution in [0.2, 0.25) is 0 Å². The molecule has 0 aliphatic carbocycles. The summed E-state index contributed by atoms with van der Waals surface area (Å²) in [5.41, 5.74) is 6.06. The molecule has 8 heteroatoms. The Morgan fingerprint density at radius 1 is 1.32 bits per heavy atom. The van der Waals surface area contributed by atoms with Gasteiger partial charge in [0.1, 0.15) is 5.82 Å². The van der Waals surface area contributed by atoms with Crippen molar-refractivity contribution in [2.75, 3.05) is 0 Å². The molecule has 2 rings (SSSR count). The lowest BCUT2D eigenvalue weighted by Gasteiger charge is -2.12. The molecular formula is C14H17N5O2S. The second kappa shape index (κ2) is 7.08. The van der Waals surface area contributed by atoms with Crippen LogP contribution >= 0.6 is 11.8 Å². The number of nitrogens with zero attached hydrogens (tertiary/aromatic N) is 3. The molecule has 1 unspecified atom stereocenters. The highest BCUT2D eigenvalue weighted by Crippen LogP contribution is 2.23. The van der Waals surface area contributed by atoms with Gasteiger partial charge in [-0.05, 0) is 19.4 Å². The van der Waals surface area contributed by atoms with Crippen molar-refractivity contribution in [3.63, 3.8) is 0 Å². The molecule has 1 atom stereocenters. The number of thioether (sulfide) groups is 1. The summed E-state index contributed by atoms with van der Waals surface area (Å²) in [6, 6.07) is 9.04. The van der Waals surface area contributed by atoms with Gasteiger partial charge in [0.05, 0.1) is 11.8 Å². The van der Waals surface area contributed by atoms with Crippen molar-refractivity contribution in [2.24, 2.45) is 5.73 Å². The maximum Gasteiger partial charge on any atom is 0.318 e. The number of primary amides is 1. The van der Waals surface area contributed by atoms with Crippen LogP contribution in [0.3, 0.4) is 0 Å². The quantitative estimate of drug-likeness (QED) is 0.809. The molecule has 22 heavy (non-hydrogen) atoms. The minimum atomic E-state index is -0.862. The third kappa shape index (κ3) is 4.08. The Hall–Kier alpha value is -2.35. The molecule has 7 nitrogen and oxygen atoms in total. The van der Waals surface area contributed by atoms with E-state index >= 15 is 0 Å². The largest absolute Gasteiger partial charge is 0.351 e. The number of rotatable bonds is 5. The first-order chi connectivity index (χ1) is 10.5. The van der Waals surface area contributed by atoms with E-state index in [-0.39, 0.29) is 0 Å². The fourth-order valence-corrected chi connectivity index (χ4v) is 2.73. The molecule has 3 N–H and O–H groups in total. The van der Waals surface area contributed by atoms with Gasteiger partial charge in [0, 0.05) is 0 Å². The third-order valence-corrected chi connectivity index (χ3v) is 4.06. The number of nitrogens with two attached hydrogens (primary N) is 1. The van der Waals surface area contributed by atoms with Crippen LogP contribution in [0.4, 0.5) is 4.79 Å². The summed E-state index contributed by atoms with van der Waals surface area (Å²) in [5, 5.41) is 10.3. The van der Waals surface area contributed by atoms with E-state index in [0.29, 0.717) is 11.7 Å². The minimum absolute atomic E-state index is 0.454. The fourth-order valence-electron chi connectivity index (χ4n) is 1.83. The lowest BCUT2D eigenvalue weighted by molar-refractivity contribution is -0.119. The van der Waals surface area contributed by atoms with Gasteiger partial charge in [-0.2, -0.15) is 0 Å². The number of urea groups is 1. The van der Waals surface area contributed by atoms with Gasteiger partial charge in [0.2, 0.25) is 5.91 Å². The van der Waals surface area contributed by atoms with Crippen molar-refractivity contribution < 1.29 is 9.59 Å². The van der Waals surface area contributed by atoms with E-state index in [2.05, 4.69) is 15.5 Å². The first kappa shape index (κ1) is 16.0. The van der Waals surface area contributed by atoms with E-state index in [1.165, 1.54) is 11.8 Å². The van der Waals surface area contributed by atoms with Crippen LogP contribution in [0.15, 0.2) is 35.5 Å². The van der Waals surface area contributed by atoms with E-state index in [1.54, 1.807) is 6.92 Å². The van der Waals surface area contributed by atoms with E-state index in [1.807, 2.05) is 41.8 Å². The monoisotopic (exact) mass is 319 g/mol. The number of carbonyl (C=O) groups excluding carboxylic acids is 2. The molecule has 1 aromatic heterocycles. The van der Waals surface area contributed by atoms with Gasteiger partial charge in [-0.25, -0.2) is 4.79 Å². The predicted octanol–water partition coefficient (Wildman–Crippen LogP) is 1.31. The average Bonchev–Trinajstić information content (AvgIpc) is 2.80. The predicted molar refractivity (Wildman–Crippen MR) is 83.3 cm³/mol. The lowest BCUT2D eigenvalue weighted by Crippen LogP contribution is -2.39. The molecule has 0 saturated carbocycles. The lowest BCUT2D eigenvalue weighted by atomic mass is 10.2. The molecule has 0 aliphatic heterocycles. The highest BCUT2D eigenvalue weighted by Gasteiger charge is 2.20. The van der Waals surface area contributed by atoms with E-state index < -0.39 is 17.2 Å². The smallest absolute Gasteiger partial charge is 0.318 e. The number of aromatic nitrogens is 3. The SMILES string of the molecule is Cc1nnc(SC(C)C(=O)NC(N)=O)n1Cc1ccccc1. The molecule has 116 valence electrons. The Labute approximate surface area is 132 Å². The number of amides is 3. The molecular weight excluding hydrogens is 302 g/mol. The second-order valence-electron chi connectivity index (χ2n) is 4.72. The van der Waals surface area contributed by atoms with E-state index in [4.69, 9.17) is 5.73 Å². The first-order valence-electron chi connectivity index (χ1n) is 6.68. The van der Waals surface area contributed by atoms with Crippen LogP contribution in [-0.2, 0) is 11.3 Å². The minimum Gasteiger partial charge on any atom is -0.351 e. The molecule has 0 bridgehead atoms. The summed E-state index contributed by atoms with van der Waals surface area (Å²) in [4.78, 5) is 22.5. The van der Waals surface area contributed by atoms with Crippen LogP contribution < -0.4 is 11.1 Å². The van der Waals surface area contributed by atoms with Gasteiger partial charge >= 0.3 is 6.03 Å². The Bertz CT molecular complexity index is 671. The van der Waals surface area contributed by atoms with Crippen LogP contribution in [0.25, 0.3) is 0 Å². The van der Waals surface area contributed by atoms with Crippen LogP contribution in [-0.4, -0.2) is 32.0 Å². The number of nitrogens with one attached hydrogen (secondary N) is 1. The molecule has 0 radical (unpaired) electrons. The number of carbonyl (C=O) groups is 2. The van der Waals surface area contributed by atoms with Crippen LogP contribution in [0.1, 0.15) is 18.3 Å². The summed E-state index contributed by atoms with van der Waals surface area (Å²) in [6.45, 7) is 4.15. The highest BCUT2D eigenvalue weighted by atomic mass is 32.2. The topological polar surface area (TPSA) is 103 Å². The normalized spacial score (nSPS) is 11.9. The Morgan fingerprint density at radius 3 is 2.64 bits per heavy atom. The molecule has 0 saturated heterocycles. The highest BCUT2D eigenvalue weighted by molar-refractivity contribution is 8.00. The Balaban J connectivity index is 2.12. The number of aryl methyl sites for hydroxylation is 1. The first-order valence-corrected chi connectivity index (χ1v) is 7.56. The molecule has 1 heterocycles. The number of hydrogen-bond acceptors (Lipinski definition) is 5. The molecule has 0 spiro atoms. The standard InChI is InChI=1S/C14H17N5O2S/c1-9(12(20)16-13(15)21)22-14-18-17-10(2)19(14)8-11-6-4-3-5-7-11/h3-7,9H,8H2,1-2H3,(H3,15,16,20,21). The Morgan fingerprint density at radius 2 is 2.00 bits per heavy atom. The number of hydrogen-bond donors (Lipinski definition) is 2. The summed E-state index contributed by atoms with van der Waals surface area (Å²) in [5.74, 6) is 0.304. The van der Waals surface area contributed by atoms with Crippen molar-refractivity contribution in [2.45, 2.75) is 30.8 Å². The fraction of sp³-hybridized carbons (Fsp3) is 0.286. The van der Waals surface area contributed by atoms with Crippen molar-refractivity contribution in [3.05, 3.63) is 41.7 Å². The summed E-state index contributed by atoms with van der Waals surface area (Å²) >= 11 is 1.23. The van der Waals surface area contributed by atoms with Crippen LogP contribution in [0, 0.1) is 6.92 Å². The Kier molecular flexibility index (Phi) is 5.16. The summed E-state index contributed by atoms with van der Waals surface area (Å²) < 4.78 is 1.92. The third-order valence-electron chi connectivity index (χ3n) is 2.98. The molecule has 2 aromatic rings. The van der Waals surface area contributed by atoms with E-state index in [0.717, 1.165) is 11.4 Å². The van der Waals surface area contributed by atoms with Crippen molar-refractivity contribution in [3.8, 4) is 0 Å². The van der Waals surface area contributed by atoms with E-state index in [9.17, 15) is 9.59 Å². The zero-order chi connectivity index (χ0) is 16.1. The maximum absolute atomic E-state index is 11.7. The van der Waals surface area contributed by atoms with Gasteiger partial charge < -0.3 is 10.3 Å². The van der Waals surface area contributed by atoms with Crippen molar-refractivity contribution in [1.29, 1.82) is 0 Å². The van der Waals surface area contributed by atoms with Gasteiger partial charge in [-0.1, -0.05) is 42.1 Å². The van der Waals surface area contributed by atoms with Gasteiger partial charge in [0.15, 0.2) is 5.16 Å². The molecule has 0 fully saturated rings. The zero-order valence-corrected chi connectivity index (χ0v) is 13.1. The average molecular weight is 319 g/mol.